The van der Waals surface area contributed by atoms with Crippen molar-refractivity contribution >= 4 is 29.9 Å². The lowest BCUT2D eigenvalue weighted by Crippen LogP contribution is -2.31. The maximum Gasteiger partial charge on any atom is 0.573 e. The molecule has 0 unspecified atom stereocenters. The van der Waals surface area contributed by atoms with Gasteiger partial charge in [0.15, 0.2) is 5.96 Å². The van der Waals surface area contributed by atoms with Gasteiger partial charge in [0, 0.05) is 18.7 Å². The Kier molecular flexibility index (Phi) is 9.63. The normalized spacial score (nSPS) is 11.9. The number of rotatable bonds is 7. The summed E-state index contributed by atoms with van der Waals surface area (Å²) in [5.74, 6) is -0.387. The monoisotopic (exact) mass is 526 g/mol. The van der Waals surface area contributed by atoms with Gasteiger partial charge >= 0.3 is 6.36 Å². The third-order valence-electron chi connectivity index (χ3n) is 3.66. The molecule has 0 aliphatic rings. The van der Waals surface area contributed by atoms with Crippen molar-refractivity contribution in [1.29, 1.82) is 0 Å². The Morgan fingerprint density at radius 1 is 1.10 bits per heavy atom. The van der Waals surface area contributed by atoms with E-state index in [9.17, 15) is 17.6 Å². The molecule has 3 N–H and O–H groups in total. The van der Waals surface area contributed by atoms with Gasteiger partial charge in [-0.2, -0.15) is 0 Å². The van der Waals surface area contributed by atoms with Gasteiger partial charge < -0.3 is 20.7 Å². The van der Waals surface area contributed by atoms with E-state index in [1.165, 1.54) is 30.3 Å². The Balaban J connectivity index is 0.00000420. The van der Waals surface area contributed by atoms with E-state index in [1.54, 1.807) is 12.1 Å². The fraction of sp³-hybridized carbons (Fsp3) is 0.316. The van der Waals surface area contributed by atoms with Crippen LogP contribution in [0.1, 0.15) is 16.7 Å². The lowest BCUT2D eigenvalue weighted by Gasteiger charge is -2.12. The predicted molar refractivity (Wildman–Crippen MR) is 114 cm³/mol. The summed E-state index contributed by atoms with van der Waals surface area (Å²) in [6, 6.07) is 10.2. The summed E-state index contributed by atoms with van der Waals surface area (Å²) in [6.45, 7) is 1.04. The van der Waals surface area contributed by atoms with Gasteiger partial charge in [-0.25, -0.2) is 9.38 Å². The quantitative estimate of drug-likeness (QED) is 0.248. The third kappa shape index (κ3) is 9.31. The second-order valence-corrected chi connectivity index (χ2v) is 6.41. The Morgan fingerprint density at radius 2 is 1.72 bits per heavy atom. The van der Waals surface area contributed by atoms with E-state index in [1.807, 2.05) is 19.0 Å². The first-order valence-corrected chi connectivity index (χ1v) is 8.43. The molecule has 0 saturated carbocycles. The number of halogens is 5. The van der Waals surface area contributed by atoms with Crippen LogP contribution >= 0.6 is 24.0 Å². The molecule has 29 heavy (non-hydrogen) atoms. The van der Waals surface area contributed by atoms with Gasteiger partial charge in [0.05, 0.1) is 6.54 Å². The second-order valence-electron chi connectivity index (χ2n) is 6.41. The molecule has 2 aromatic rings. The largest absolute Gasteiger partial charge is 0.573 e. The molecule has 0 amide bonds. The average Bonchev–Trinajstić information content (AvgIpc) is 2.60. The van der Waals surface area contributed by atoms with E-state index in [2.05, 4.69) is 15.0 Å². The molecule has 0 aliphatic carbocycles. The number of benzene rings is 2. The predicted octanol–water partition coefficient (Wildman–Crippen LogP) is 4.01. The molecular weight excluding hydrogens is 503 g/mol. The summed E-state index contributed by atoms with van der Waals surface area (Å²) in [4.78, 5) is 6.07. The molecule has 2 aromatic carbocycles. The van der Waals surface area contributed by atoms with Gasteiger partial charge in [-0.1, -0.05) is 18.2 Å². The summed E-state index contributed by atoms with van der Waals surface area (Å²) in [5, 5.41) is 2.88. The molecule has 5 nitrogen and oxygen atoms in total. The molecule has 0 bridgehead atoms. The van der Waals surface area contributed by atoms with Crippen LogP contribution < -0.4 is 15.8 Å². The van der Waals surface area contributed by atoms with Crippen molar-refractivity contribution in [2.24, 2.45) is 10.7 Å². The van der Waals surface area contributed by atoms with E-state index in [0.29, 0.717) is 17.7 Å². The summed E-state index contributed by atoms with van der Waals surface area (Å²) in [5.41, 5.74) is 7.92. The van der Waals surface area contributed by atoms with Crippen molar-refractivity contribution in [3.63, 3.8) is 0 Å². The van der Waals surface area contributed by atoms with Crippen molar-refractivity contribution in [1.82, 2.24) is 10.2 Å². The molecule has 0 atom stereocenters. The Labute approximate surface area is 184 Å². The van der Waals surface area contributed by atoms with Crippen LogP contribution in [-0.2, 0) is 19.6 Å². The summed E-state index contributed by atoms with van der Waals surface area (Å²) < 4.78 is 54.0. The van der Waals surface area contributed by atoms with Crippen molar-refractivity contribution < 1.29 is 22.3 Å². The molecule has 2 rings (SSSR count). The highest BCUT2D eigenvalue weighted by atomic mass is 127. The number of alkyl halides is 3. The topological polar surface area (TPSA) is 62.9 Å². The molecule has 0 radical (unpaired) electrons. The number of guanidine groups is 1. The summed E-state index contributed by atoms with van der Waals surface area (Å²) in [7, 11) is 3.71. The Morgan fingerprint density at radius 3 is 2.31 bits per heavy atom. The minimum Gasteiger partial charge on any atom is -0.406 e. The van der Waals surface area contributed by atoms with Crippen LogP contribution in [0.25, 0.3) is 0 Å². The van der Waals surface area contributed by atoms with E-state index in [4.69, 9.17) is 5.73 Å². The highest BCUT2D eigenvalue weighted by Crippen LogP contribution is 2.22. The molecular formula is C19H23F4IN4O. The van der Waals surface area contributed by atoms with E-state index in [-0.39, 0.29) is 54.6 Å². The van der Waals surface area contributed by atoms with Crippen LogP contribution in [0.15, 0.2) is 47.5 Å². The zero-order valence-corrected chi connectivity index (χ0v) is 18.3. The number of aliphatic imine (C=N–C) groups is 1. The van der Waals surface area contributed by atoms with Gasteiger partial charge in [-0.3, -0.25) is 0 Å². The summed E-state index contributed by atoms with van der Waals surface area (Å²) >= 11 is 0. The van der Waals surface area contributed by atoms with Crippen LogP contribution in [0.3, 0.4) is 0 Å². The fourth-order valence-electron chi connectivity index (χ4n) is 2.42. The number of ether oxygens (including phenoxy) is 1. The van der Waals surface area contributed by atoms with Crippen LogP contribution in [0.2, 0.25) is 0 Å². The van der Waals surface area contributed by atoms with Gasteiger partial charge in [-0.15, -0.1) is 37.1 Å². The minimum atomic E-state index is -4.72. The molecule has 0 aromatic heterocycles. The second kappa shape index (κ2) is 11.2. The molecule has 0 aliphatic heterocycles. The number of nitrogens with two attached hydrogens (primary N) is 1. The fourth-order valence-corrected chi connectivity index (χ4v) is 2.42. The smallest absolute Gasteiger partial charge is 0.406 e. The number of nitrogens with zero attached hydrogens (tertiary/aromatic N) is 2. The van der Waals surface area contributed by atoms with Gasteiger partial charge in [0.1, 0.15) is 11.6 Å². The van der Waals surface area contributed by atoms with Gasteiger partial charge in [-0.05, 0) is 49.5 Å². The third-order valence-corrected chi connectivity index (χ3v) is 3.66. The first-order chi connectivity index (χ1) is 13.1. The van der Waals surface area contributed by atoms with E-state index >= 15 is 0 Å². The standard InChI is InChI=1S/C19H22F4N4O.HI/c1-27(2)12-15-9-14(5-8-17(15)20)11-26-18(24)25-10-13-3-6-16(7-4-13)28-19(21,22)23;/h3-9H,10-12H2,1-2H3,(H3,24,25,26);1H. The van der Waals surface area contributed by atoms with Crippen LogP contribution in [-0.4, -0.2) is 31.3 Å². The van der Waals surface area contributed by atoms with Crippen molar-refractivity contribution in [2.45, 2.75) is 26.0 Å². The highest BCUT2D eigenvalue weighted by molar-refractivity contribution is 14.0. The van der Waals surface area contributed by atoms with Crippen LogP contribution in [0, 0.1) is 5.82 Å². The van der Waals surface area contributed by atoms with Crippen LogP contribution in [0.4, 0.5) is 17.6 Å². The van der Waals surface area contributed by atoms with Crippen LogP contribution in [0.5, 0.6) is 5.75 Å². The molecule has 0 fully saturated rings. The van der Waals surface area contributed by atoms with Crippen molar-refractivity contribution in [3.05, 3.63) is 65.0 Å². The van der Waals surface area contributed by atoms with E-state index in [0.717, 1.165) is 5.56 Å². The maximum absolute atomic E-state index is 13.8. The van der Waals surface area contributed by atoms with E-state index < -0.39 is 6.36 Å². The van der Waals surface area contributed by atoms with Gasteiger partial charge in [0.25, 0.3) is 0 Å². The maximum atomic E-state index is 13.8. The minimum absolute atomic E-state index is 0. The number of hydrogen-bond acceptors (Lipinski definition) is 3. The zero-order valence-electron chi connectivity index (χ0n) is 16.0. The average molecular weight is 526 g/mol. The molecule has 0 saturated heterocycles. The lowest BCUT2D eigenvalue weighted by molar-refractivity contribution is -0.274. The van der Waals surface area contributed by atoms with Crippen molar-refractivity contribution in [3.8, 4) is 5.75 Å². The molecule has 10 heteroatoms. The Hall–Kier alpha value is -2.08. The Bertz CT molecular complexity index is 811. The lowest BCUT2D eigenvalue weighted by atomic mass is 10.1. The number of nitrogens with one attached hydrogen (secondary N) is 1. The van der Waals surface area contributed by atoms with Gasteiger partial charge in [0.2, 0.25) is 0 Å². The SMILES string of the molecule is CN(C)Cc1cc(CN=C(N)NCc2ccc(OC(F)(F)F)cc2)ccc1F.I. The molecule has 0 heterocycles. The zero-order chi connectivity index (χ0) is 20.7. The summed E-state index contributed by atoms with van der Waals surface area (Å²) in [6.07, 6.45) is -4.72. The first kappa shape index (κ1) is 25.0. The number of hydrogen-bond donors (Lipinski definition) is 2. The highest BCUT2D eigenvalue weighted by Gasteiger charge is 2.30. The molecule has 0 spiro atoms. The molecule has 160 valence electrons. The van der Waals surface area contributed by atoms with Crippen molar-refractivity contribution in [2.75, 3.05) is 14.1 Å². The first-order valence-electron chi connectivity index (χ1n) is 8.43.